The Hall–Kier alpha value is -2.81. The average molecular weight is 497 g/mol. The maximum atomic E-state index is 7.94. The van der Waals surface area contributed by atoms with Crippen LogP contribution in [0.1, 0.15) is 12.8 Å². The highest BCUT2D eigenvalue weighted by Crippen LogP contribution is 2.25. The summed E-state index contributed by atoms with van der Waals surface area (Å²) in [6, 6.07) is 45.4. The van der Waals surface area contributed by atoms with Crippen molar-refractivity contribution >= 4 is 37.4 Å². The van der Waals surface area contributed by atoms with Gasteiger partial charge in [-0.25, -0.2) is 0 Å². The summed E-state index contributed by atoms with van der Waals surface area (Å²) in [6.45, 7) is 1.29. The number of benzene rings is 4. The van der Waals surface area contributed by atoms with E-state index in [4.69, 9.17) is 15.6 Å². The van der Waals surface area contributed by atoms with Gasteiger partial charge >= 0.3 is 0 Å². The lowest BCUT2D eigenvalue weighted by Gasteiger charge is -2.43. The number of hydrogen-bond acceptors (Lipinski definition) is 3. The maximum Gasteiger partial charge on any atom is 0.245 e. The van der Waals surface area contributed by atoms with E-state index in [1.54, 1.807) is 0 Å². The molecule has 0 saturated heterocycles. The molecule has 0 bridgehead atoms. The third kappa shape index (κ3) is 5.55. The van der Waals surface area contributed by atoms with Gasteiger partial charge in [0, 0.05) is 0 Å². The molecule has 0 radical (unpaired) electrons. The van der Waals surface area contributed by atoms with Crippen molar-refractivity contribution in [1.29, 1.82) is 0 Å². The number of hydrogen-bond donors (Lipinski definition) is 2. The second-order valence-electron chi connectivity index (χ2n) is 9.00. The van der Waals surface area contributed by atoms with Gasteiger partial charge in [-0.15, -0.1) is 0 Å². The largest absolute Gasteiger partial charge is 0.442 e. The second-order valence-corrected chi connectivity index (χ2v) is 16.4. The summed E-state index contributed by atoms with van der Waals surface area (Å²) in [6.07, 6.45) is 1.84. The first-order chi connectivity index (χ1) is 17.2. The predicted molar refractivity (Wildman–Crippen MR) is 154 cm³/mol. The van der Waals surface area contributed by atoms with E-state index in [1.807, 2.05) is 0 Å². The van der Waals surface area contributed by atoms with E-state index in [1.165, 1.54) is 20.7 Å². The fourth-order valence-corrected chi connectivity index (χ4v) is 16.3. The first-order valence-electron chi connectivity index (χ1n) is 12.6. The zero-order valence-corrected chi connectivity index (χ0v) is 22.4. The average Bonchev–Trinajstić information content (AvgIpc) is 2.95. The SMILES string of the molecule is NCCC[Si](O[Si](CCCN)(c1ccccc1)c1ccccc1)(c1ccccc1)c1ccccc1. The summed E-state index contributed by atoms with van der Waals surface area (Å²) in [5, 5.41) is 5.21. The van der Waals surface area contributed by atoms with Gasteiger partial charge in [-0.05, 0) is 58.8 Å². The van der Waals surface area contributed by atoms with Gasteiger partial charge in [0.05, 0.1) is 0 Å². The lowest BCUT2D eigenvalue weighted by Crippen LogP contribution is -2.73. The topological polar surface area (TPSA) is 61.3 Å². The van der Waals surface area contributed by atoms with E-state index >= 15 is 0 Å². The van der Waals surface area contributed by atoms with Crippen LogP contribution in [0.25, 0.3) is 0 Å². The van der Waals surface area contributed by atoms with Gasteiger partial charge in [-0.3, -0.25) is 0 Å². The molecule has 4 rings (SSSR count). The summed E-state index contributed by atoms with van der Waals surface area (Å²) in [4.78, 5) is 0. The third-order valence-electron chi connectivity index (χ3n) is 6.77. The molecular weight excluding hydrogens is 461 g/mol. The minimum atomic E-state index is -2.68. The van der Waals surface area contributed by atoms with Crippen molar-refractivity contribution in [1.82, 2.24) is 0 Å². The molecule has 0 aliphatic carbocycles. The highest BCUT2D eigenvalue weighted by Gasteiger charge is 2.49. The Kier molecular flexibility index (Phi) is 8.85. The Bertz CT molecular complexity index is 970. The van der Waals surface area contributed by atoms with E-state index < -0.39 is 16.6 Å². The first-order valence-corrected chi connectivity index (χ1v) is 16.8. The first kappa shape index (κ1) is 25.3. The van der Waals surface area contributed by atoms with Crippen LogP contribution in [0.15, 0.2) is 121 Å². The molecule has 4 aromatic rings. The Morgan fingerprint density at radius 2 is 0.686 bits per heavy atom. The van der Waals surface area contributed by atoms with Crippen molar-refractivity contribution in [2.75, 3.05) is 13.1 Å². The van der Waals surface area contributed by atoms with Crippen molar-refractivity contribution in [2.45, 2.75) is 24.9 Å². The van der Waals surface area contributed by atoms with Crippen LogP contribution in [-0.4, -0.2) is 29.7 Å². The smallest absolute Gasteiger partial charge is 0.245 e. The van der Waals surface area contributed by atoms with Crippen molar-refractivity contribution in [2.24, 2.45) is 11.5 Å². The molecule has 0 atom stereocenters. The minimum absolute atomic E-state index is 0.645. The molecule has 0 aliphatic heterocycles. The Balaban J connectivity index is 2.01. The fraction of sp³-hybridized carbons (Fsp3) is 0.200. The van der Waals surface area contributed by atoms with E-state index in [-0.39, 0.29) is 0 Å². The molecular formula is C30H36N2OSi2. The Morgan fingerprint density at radius 1 is 0.429 bits per heavy atom. The molecule has 5 heteroatoms. The van der Waals surface area contributed by atoms with Gasteiger partial charge in [0.2, 0.25) is 16.6 Å². The second kappa shape index (κ2) is 12.2. The van der Waals surface area contributed by atoms with E-state index in [0.717, 1.165) is 24.9 Å². The van der Waals surface area contributed by atoms with Crippen molar-refractivity contribution in [3.63, 3.8) is 0 Å². The summed E-state index contributed by atoms with van der Waals surface area (Å²) < 4.78 is 7.94. The van der Waals surface area contributed by atoms with Crippen LogP contribution in [0.5, 0.6) is 0 Å². The molecule has 4 aromatic carbocycles. The summed E-state index contributed by atoms with van der Waals surface area (Å²) in [5.41, 5.74) is 12.2. The predicted octanol–water partition coefficient (Wildman–Crippen LogP) is 3.22. The van der Waals surface area contributed by atoms with E-state index in [9.17, 15) is 0 Å². The van der Waals surface area contributed by atoms with Gasteiger partial charge in [0.25, 0.3) is 0 Å². The van der Waals surface area contributed by atoms with Crippen molar-refractivity contribution < 1.29 is 4.12 Å². The van der Waals surface area contributed by atoms with Crippen molar-refractivity contribution in [3.8, 4) is 0 Å². The quantitative estimate of drug-likeness (QED) is 0.296. The van der Waals surface area contributed by atoms with Gasteiger partial charge in [-0.1, -0.05) is 121 Å². The summed E-state index contributed by atoms with van der Waals surface area (Å²) in [7, 11) is -5.36. The highest BCUT2D eigenvalue weighted by atomic mass is 28.4. The van der Waals surface area contributed by atoms with Gasteiger partial charge < -0.3 is 15.6 Å². The van der Waals surface area contributed by atoms with Crippen molar-refractivity contribution in [3.05, 3.63) is 121 Å². The maximum absolute atomic E-state index is 7.94. The summed E-state index contributed by atoms with van der Waals surface area (Å²) in [5.74, 6) is 0. The van der Waals surface area contributed by atoms with Gasteiger partial charge in [-0.2, -0.15) is 0 Å². The molecule has 0 heterocycles. The normalized spacial score (nSPS) is 11.9. The molecule has 4 N–H and O–H groups in total. The minimum Gasteiger partial charge on any atom is -0.442 e. The molecule has 0 aliphatic rings. The highest BCUT2D eigenvalue weighted by molar-refractivity contribution is 7.09. The Morgan fingerprint density at radius 3 is 0.914 bits per heavy atom. The zero-order chi connectivity index (χ0) is 24.4. The monoisotopic (exact) mass is 496 g/mol. The molecule has 3 nitrogen and oxygen atoms in total. The lowest BCUT2D eigenvalue weighted by atomic mass is 10.4. The van der Waals surface area contributed by atoms with Crippen LogP contribution in [-0.2, 0) is 4.12 Å². The van der Waals surface area contributed by atoms with Crippen LogP contribution in [0.3, 0.4) is 0 Å². The van der Waals surface area contributed by atoms with Crippen LogP contribution < -0.4 is 32.2 Å². The number of nitrogens with two attached hydrogens (primary N) is 2. The molecule has 0 unspecified atom stereocenters. The third-order valence-corrected chi connectivity index (χ3v) is 16.7. The molecule has 180 valence electrons. The van der Waals surface area contributed by atoms with E-state index in [0.29, 0.717) is 13.1 Å². The van der Waals surface area contributed by atoms with E-state index in [2.05, 4.69) is 121 Å². The standard InChI is InChI=1S/C30H36N2OSi2/c31-23-13-25-34(27-15-5-1-6-16-27,28-17-7-2-8-18-28)33-35(26-14-24-32,29-19-9-3-10-20-29)30-21-11-4-12-22-30/h1-12,15-22H,13-14,23-26,31-32H2. The van der Waals surface area contributed by atoms with Crippen LogP contribution in [0, 0.1) is 0 Å². The van der Waals surface area contributed by atoms with Crippen LogP contribution in [0.2, 0.25) is 12.1 Å². The molecule has 0 spiro atoms. The molecule has 0 aromatic heterocycles. The fourth-order valence-electron chi connectivity index (χ4n) is 5.08. The van der Waals surface area contributed by atoms with Crippen LogP contribution >= 0.6 is 0 Å². The van der Waals surface area contributed by atoms with Gasteiger partial charge in [0.15, 0.2) is 0 Å². The molecule has 0 amide bonds. The molecule has 0 fully saturated rings. The summed E-state index contributed by atoms with van der Waals surface area (Å²) >= 11 is 0. The van der Waals surface area contributed by atoms with Crippen LogP contribution in [0.4, 0.5) is 0 Å². The molecule has 35 heavy (non-hydrogen) atoms. The molecule has 0 saturated carbocycles. The van der Waals surface area contributed by atoms with Gasteiger partial charge in [0.1, 0.15) is 0 Å². The zero-order valence-electron chi connectivity index (χ0n) is 20.4. The number of rotatable bonds is 12. The lowest BCUT2D eigenvalue weighted by molar-refractivity contribution is 0.559. The Labute approximate surface area is 212 Å².